The first-order valence-electron chi connectivity index (χ1n) is 4.36. The summed E-state index contributed by atoms with van der Waals surface area (Å²) in [6.45, 7) is 3.31. The van der Waals surface area contributed by atoms with E-state index in [0.29, 0.717) is 10.9 Å². The highest BCUT2D eigenvalue weighted by molar-refractivity contribution is 7.94. The molecule has 0 spiro atoms. The second kappa shape index (κ2) is 3.47. The van der Waals surface area contributed by atoms with Gasteiger partial charge >= 0.3 is 0 Å². The van der Waals surface area contributed by atoms with Gasteiger partial charge in [0.2, 0.25) is 0 Å². The van der Waals surface area contributed by atoms with Crippen molar-refractivity contribution in [2.24, 2.45) is 0 Å². The van der Waals surface area contributed by atoms with Crippen molar-refractivity contribution in [3.63, 3.8) is 0 Å². The number of sulfone groups is 1. The third-order valence-electron chi connectivity index (χ3n) is 2.13. The number of hydrogen-bond donors (Lipinski definition) is 0. The predicted molar refractivity (Wildman–Crippen MR) is 59.1 cm³/mol. The monoisotopic (exact) mass is 219 g/mol. The molecule has 0 N–H and O–H groups in total. The minimum absolute atomic E-state index is 0.253. The molecule has 0 bridgehead atoms. The molecule has 1 aromatic heterocycles. The van der Waals surface area contributed by atoms with Gasteiger partial charge in [0, 0.05) is 17.0 Å². The van der Waals surface area contributed by atoms with Crippen molar-refractivity contribution in [2.75, 3.05) is 0 Å². The van der Waals surface area contributed by atoms with Crippen molar-refractivity contribution in [1.82, 2.24) is 4.98 Å². The first-order valence-corrected chi connectivity index (χ1v) is 5.91. The molecule has 2 rings (SSSR count). The summed E-state index contributed by atoms with van der Waals surface area (Å²) in [5.74, 6) is 0. The molecule has 15 heavy (non-hydrogen) atoms. The molecule has 4 heteroatoms. The molecule has 0 amide bonds. The second-order valence-electron chi connectivity index (χ2n) is 3.04. The van der Waals surface area contributed by atoms with Gasteiger partial charge in [-0.25, -0.2) is 8.42 Å². The van der Waals surface area contributed by atoms with Crippen LogP contribution in [-0.4, -0.2) is 13.4 Å². The highest BCUT2D eigenvalue weighted by Crippen LogP contribution is 2.21. The van der Waals surface area contributed by atoms with Crippen LogP contribution in [0.3, 0.4) is 0 Å². The largest absolute Gasteiger partial charge is 0.256 e. The van der Waals surface area contributed by atoms with E-state index < -0.39 is 9.84 Å². The molecule has 0 atom stereocenters. The summed E-state index contributed by atoms with van der Waals surface area (Å²) in [7, 11) is -3.40. The molecule has 0 unspecified atom stereocenters. The highest BCUT2D eigenvalue weighted by atomic mass is 32.2. The van der Waals surface area contributed by atoms with Gasteiger partial charge in [0.15, 0.2) is 9.84 Å². The van der Waals surface area contributed by atoms with Crippen molar-refractivity contribution >= 4 is 20.7 Å². The van der Waals surface area contributed by atoms with Gasteiger partial charge in [-0.05, 0) is 12.1 Å². The van der Waals surface area contributed by atoms with Gasteiger partial charge in [-0.15, -0.1) is 0 Å². The molecule has 2 aromatic rings. The fourth-order valence-electron chi connectivity index (χ4n) is 1.41. The number of hydrogen-bond acceptors (Lipinski definition) is 3. The molecule has 0 aliphatic heterocycles. The van der Waals surface area contributed by atoms with E-state index in [2.05, 4.69) is 11.6 Å². The van der Waals surface area contributed by atoms with Crippen molar-refractivity contribution in [2.45, 2.75) is 4.90 Å². The zero-order valence-electron chi connectivity index (χ0n) is 7.92. The van der Waals surface area contributed by atoms with Gasteiger partial charge in [-0.1, -0.05) is 24.8 Å². The Morgan fingerprint density at radius 3 is 2.67 bits per heavy atom. The maximum absolute atomic E-state index is 11.7. The van der Waals surface area contributed by atoms with E-state index in [1.165, 1.54) is 12.3 Å². The number of para-hydroxylation sites is 1. The van der Waals surface area contributed by atoms with E-state index in [4.69, 9.17) is 0 Å². The molecular formula is C11H9NO2S. The van der Waals surface area contributed by atoms with Crippen LogP contribution < -0.4 is 0 Å². The number of rotatable bonds is 2. The van der Waals surface area contributed by atoms with Gasteiger partial charge in [0.05, 0.1) is 10.4 Å². The molecule has 0 aliphatic carbocycles. The van der Waals surface area contributed by atoms with Crippen LogP contribution >= 0.6 is 0 Å². The molecule has 0 saturated carbocycles. The predicted octanol–water partition coefficient (Wildman–Crippen LogP) is 2.15. The van der Waals surface area contributed by atoms with E-state index in [1.807, 2.05) is 6.07 Å². The summed E-state index contributed by atoms with van der Waals surface area (Å²) >= 11 is 0. The average Bonchev–Trinajstić information content (AvgIpc) is 2.28. The van der Waals surface area contributed by atoms with Gasteiger partial charge in [-0.2, -0.15) is 0 Å². The molecule has 1 heterocycles. The van der Waals surface area contributed by atoms with Crippen LogP contribution in [0, 0.1) is 0 Å². The van der Waals surface area contributed by atoms with Crippen LogP contribution in [0.25, 0.3) is 10.9 Å². The summed E-state index contributed by atoms with van der Waals surface area (Å²) in [6, 6.07) is 8.60. The fraction of sp³-hybridized carbons (Fsp3) is 0. The van der Waals surface area contributed by atoms with E-state index in [9.17, 15) is 8.42 Å². The van der Waals surface area contributed by atoms with Crippen molar-refractivity contribution in [3.05, 3.63) is 48.5 Å². The van der Waals surface area contributed by atoms with E-state index in [-0.39, 0.29) is 4.90 Å². The van der Waals surface area contributed by atoms with Gasteiger partial charge in [-0.3, -0.25) is 4.98 Å². The summed E-state index contributed by atoms with van der Waals surface area (Å²) in [5, 5.41) is 1.58. The number of pyridine rings is 1. The van der Waals surface area contributed by atoms with Crippen molar-refractivity contribution < 1.29 is 8.42 Å². The lowest BCUT2D eigenvalue weighted by atomic mass is 10.2. The van der Waals surface area contributed by atoms with Crippen LogP contribution in [0.5, 0.6) is 0 Å². The Hall–Kier alpha value is -1.68. The third kappa shape index (κ3) is 1.64. The zero-order valence-corrected chi connectivity index (χ0v) is 8.74. The zero-order chi connectivity index (χ0) is 10.9. The maximum Gasteiger partial charge on any atom is 0.199 e. The minimum Gasteiger partial charge on any atom is -0.256 e. The van der Waals surface area contributed by atoms with E-state index in [0.717, 1.165) is 5.41 Å². The highest BCUT2D eigenvalue weighted by Gasteiger charge is 2.13. The van der Waals surface area contributed by atoms with E-state index >= 15 is 0 Å². The lowest BCUT2D eigenvalue weighted by molar-refractivity contribution is 0.605. The molecule has 3 nitrogen and oxygen atoms in total. The lowest BCUT2D eigenvalue weighted by Crippen LogP contribution is -1.97. The normalized spacial score (nSPS) is 11.5. The Kier molecular flexibility index (Phi) is 2.28. The second-order valence-corrected chi connectivity index (χ2v) is 4.90. The lowest BCUT2D eigenvalue weighted by Gasteiger charge is -2.03. The summed E-state index contributed by atoms with van der Waals surface area (Å²) in [4.78, 5) is 4.34. The van der Waals surface area contributed by atoms with Gasteiger partial charge in [0.1, 0.15) is 0 Å². The molecular weight excluding hydrogens is 210 g/mol. The molecule has 0 saturated heterocycles. The first-order chi connectivity index (χ1) is 7.15. The summed E-state index contributed by atoms with van der Waals surface area (Å²) < 4.78 is 23.3. The number of aromatic nitrogens is 1. The molecule has 76 valence electrons. The Labute approximate surface area is 88.0 Å². The first kappa shape index (κ1) is 9.86. The Morgan fingerprint density at radius 1 is 1.20 bits per heavy atom. The number of nitrogens with zero attached hydrogens (tertiary/aromatic N) is 1. The van der Waals surface area contributed by atoms with Crippen molar-refractivity contribution in [3.8, 4) is 0 Å². The third-order valence-corrected chi connectivity index (χ3v) is 3.54. The van der Waals surface area contributed by atoms with Crippen LogP contribution in [-0.2, 0) is 9.84 Å². The smallest absolute Gasteiger partial charge is 0.199 e. The van der Waals surface area contributed by atoms with Gasteiger partial charge in [0.25, 0.3) is 0 Å². The van der Waals surface area contributed by atoms with Gasteiger partial charge < -0.3 is 0 Å². The van der Waals surface area contributed by atoms with Crippen LogP contribution in [0.1, 0.15) is 0 Å². The quantitative estimate of drug-likeness (QED) is 0.777. The molecule has 1 aromatic carbocycles. The SMILES string of the molecule is C=CS(=O)(=O)c1ccnc2ccccc12. The Bertz CT molecular complexity index is 612. The number of benzene rings is 1. The van der Waals surface area contributed by atoms with Crippen molar-refractivity contribution in [1.29, 1.82) is 0 Å². The molecule has 0 aliphatic rings. The van der Waals surface area contributed by atoms with E-state index in [1.54, 1.807) is 18.2 Å². The topological polar surface area (TPSA) is 47.0 Å². The fourth-order valence-corrected chi connectivity index (χ4v) is 2.32. The van der Waals surface area contributed by atoms with Crippen LogP contribution in [0.2, 0.25) is 0 Å². The van der Waals surface area contributed by atoms with Crippen LogP contribution in [0.4, 0.5) is 0 Å². The minimum atomic E-state index is -3.40. The Balaban J connectivity index is 2.89. The summed E-state index contributed by atoms with van der Waals surface area (Å²) in [6.07, 6.45) is 1.48. The molecule has 0 radical (unpaired) electrons. The average molecular weight is 219 g/mol. The maximum atomic E-state index is 11.7. The number of fused-ring (bicyclic) bond motifs is 1. The van der Waals surface area contributed by atoms with Crippen LogP contribution in [0.15, 0.2) is 53.4 Å². The Morgan fingerprint density at radius 2 is 1.93 bits per heavy atom. The summed E-state index contributed by atoms with van der Waals surface area (Å²) in [5.41, 5.74) is 0.667. The standard InChI is InChI=1S/C11H9NO2S/c1-2-15(13,14)11-7-8-12-10-6-4-3-5-9(10)11/h2-8H,1H2. The molecule has 0 fully saturated rings.